The van der Waals surface area contributed by atoms with Gasteiger partial charge in [-0.05, 0) is 55.9 Å². The van der Waals surface area contributed by atoms with Crippen LogP contribution in [0.2, 0.25) is 0 Å². The molecule has 7 nitrogen and oxygen atoms in total. The van der Waals surface area contributed by atoms with Crippen LogP contribution in [0, 0.1) is 12.8 Å². The van der Waals surface area contributed by atoms with Crippen molar-refractivity contribution in [3.05, 3.63) is 42.4 Å². The molecule has 3 aromatic rings. The Balaban J connectivity index is 1.39. The van der Waals surface area contributed by atoms with Crippen molar-refractivity contribution in [3.8, 4) is 11.4 Å². The molecule has 1 N–H and O–H groups in total. The van der Waals surface area contributed by atoms with Gasteiger partial charge in [0.25, 0.3) is 0 Å². The quantitative estimate of drug-likeness (QED) is 0.757. The summed E-state index contributed by atoms with van der Waals surface area (Å²) in [6.45, 7) is 4.24. The van der Waals surface area contributed by atoms with Gasteiger partial charge in [-0.15, -0.1) is 5.10 Å². The summed E-state index contributed by atoms with van der Waals surface area (Å²) in [6, 6.07) is 6.46. The van der Waals surface area contributed by atoms with Crippen LogP contribution in [-0.4, -0.2) is 42.6 Å². The zero-order chi connectivity index (χ0) is 18.5. The molecule has 2 fully saturated rings. The molecule has 7 heteroatoms. The van der Waals surface area contributed by atoms with Crippen molar-refractivity contribution in [1.82, 2.24) is 24.5 Å². The average Bonchev–Trinajstić information content (AvgIpc) is 3.10. The molecule has 2 bridgehead atoms. The molecule has 0 aromatic carbocycles. The highest BCUT2D eigenvalue weighted by atomic mass is 16.2. The van der Waals surface area contributed by atoms with E-state index in [1.165, 1.54) is 0 Å². The second-order valence-electron chi connectivity index (χ2n) is 7.80. The van der Waals surface area contributed by atoms with E-state index in [-0.39, 0.29) is 6.03 Å². The maximum Gasteiger partial charge on any atom is 0.323 e. The number of amides is 2. The van der Waals surface area contributed by atoms with E-state index < -0.39 is 0 Å². The number of hydrogen-bond acceptors (Lipinski definition) is 4. The highest BCUT2D eigenvalue weighted by molar-refractivity contribution is 5.90. The van der Waals surface area contributed by atoms with E-state index in [4.69, 9.17) is 0 Å². The smallest absolute Gasteiger partial charge is 0.318 e. The van der Waals surface area contributed by atoms with Gasteiger partial charge in [-0.2, -0.15) is 0 Å². The first-order valence-corrected chi connectivity index (χ1v) is 9.45. The molecule has 3 aromatic heterocycles. The van der Waals surface area contributed by atoms with Gasteiger partial charge in [0, 0.05) is 30.0 Å². The highest BCUT2D eigenvalue weighted by Gasteiger charge is 2.46. The molecule has 27 heavy (non-hydrogen) atoms. The molecule has 2 unspecified atom stereocenters. The summed E-state index contributed by atoms with van der Waals surface area (Å²) < 4.78 is 1.79. The van der Waals surface area contributed by atoms with E-state index in [0.29, 0.717) is 29.6 Å². The van der Waals surface area contributed by atoms with Crippen LogP contribution in [0.25, 0.3) is 16.9 Å². The summed E-state index contributed by atoms with van der Waals surface area (Å²) in [5, 5.41) is 7.53. The van der Waals surface area contributed by atoms with Gasteiger partial charge in [-0.1, -0.05) is 6.92 Å². The number of piperidine rings is 1. The fourth-order valence-electron chi connectivity index (χ4n) is 4.44. The number of anilines is 1. The van der Waals surface area contributed by atoms with Gasteiger partial charge in [0.15, 0.2) is 5.82 Å². The van der Waals surface area contributed by atoms with E-state index in [0.717, 1.165) is 35.9 Å². The van der Waals surface area contributed by atoms with Crippen LogP contribution in [0.1, 0.15) is 31.7 Å². The Hall–Kier alpha value is -2.96. The lowest BCUT2D eigenvalue weighted by atomic mass is 9.74. The molecule has 2 aliphatic rings. The SMILES string of the molecule is Cc1cnc(NC(=O)N2C3CC(C)CC2C3)cc1-c1ncc2cccn2n1. The molecule has 0 radical (unpaired) electrons. The van der Waals surface area contributed by atoms with E-state index >= 15 is 0 Å². The Labute approximate surface area is 157 Å². The van der Waals surface area contributed by atoms with Gasteiger partial charge in [-0.3, -0.25) is 5.32 Å². The molecular formula is C20H22N6O. The van der Waals surface area contributed by atoms with Crippen molar-refractivity contribution in [2.75, 3.05) is 5.32 Å². The second kappa shape index (κ2) is 6.04. The van der Waals surface area contributed by atoms with E-state index in [2.05, 4.69) is 27.3 Å². The number of aryl methyl sites for hydroxylation is 1. The average molecular weight is 362 g/mol. The monoisotopic (exact) mass is 362 g/mol. The van der Waals surface area contributed by atoms with Crippen LogP contribution in [-0.2, 0) is 0 Å². The summed E-state index contributed by atoms with van der Waals surface area (Å²) >= 11 is 0. The van der Waals surface area contributed by atoms with Crippen molar-refractivity contribution in [2.24, 2.45) is 5.92 Å². The molecule has 2 saturated heterocycles. The first-order chi connectivity index (χ1) is 13.1. The molecule has 0 saturated carbocycles. The molecule has 5 heterocycles. The Morgan fingerprint density at radius 1 is 1.19 bits per heavy atom. The van der Waals surface area contributed by atoms with E-state index in [1.807, 2.05) is 36.2 Å². The largest absolute Gasteiger partial charge is 0.323 e. The zero-order valence-electron chi connectivity index (χ0n) is 15.5. The topological polar surface area (TPSA) is 75.4 Å². The fourth-order valence-corrected chi connectivity index (χ4v) is 4.44. The predicted molar refractivity (Wildman–Crippen MR) is 102 cm³/mol. The molecule has 2 atom stereocenters. The summed E-state index contributed by atoms with van der Waals surface area (Å²) in [6.07, 6.45) is 8.77. The highest BCUT2D eigenvalue weighted by Crippen LogP contribution is 2.41. The van der Waals surface area contributed by atoms with Gasteiger partial charge < -0.3 is 4.90 Å². The molecule has 0 spiro atoms. The van der Waals surface area contributed by atoms with E-state index in [9.17, 15) is 4.79 Å². The van der Waals surface area contributed by atoms with Crippen LogP contribution in [0.4, 0.5) is 10.6 Å². The zero-order valence-corrected chi connectivity index (χ0v) is 15.5. The van der Waals surface area contributed by atoms with Crippen LogP contribution in [0.15, 0.2) is 36.8 Å². The van der Waals surface area contributed by atoms with E-state index in [1.54, 1.807) is 16.9 Å². The normalized spacial score (nSPS) is 23.9. The third-order valence-electron chi connectivity index (χ3n) is 5.77. The van der Waals surface area contributed by atoms with Crippen LogP contribution in [0.3, 0.4) is 0 Å². The summed E-state index contributed by atoms with van der Waals surface area (Å²) in [4.78, 5) is 23.6. The molecule has 5 rings (SSSR count). The number of pyridine rings is 1. The maximum absolute atomic E-state index is 12.7. The number of hydrogen-bond donors (Lipinski definition) is 1. The summed E-state index contributed by atoms with van der Waals surface area (Å²) in [5.74, 6) is 1.86. The van der Waals surface area contributed by atoms with Crippen molar-refractivity contribution in [3.63, 3.8) is 0 Å². The van der Waals surface area contributed by atoms with Gasteiger partial charge in [0.05, 0.1) is 11.7 Å². The number of fused-ring (bicyclic) bond motifs is 3. The van der Waals surface area contributed by atoms with Crippen molar-refractivity contribution in [2.45, 2.75) is 45.2 Å². The first-order valence-electron chi connectivity index (χ1n) is 9.45. The predicted octanol–water partition coefficient (Wildman–Crippen LogP) is 3.50. The first kappa shape index (κ1) is 16.2. The third-order valence-corrected chi connectivity index (χ3v) is 5.77. The minimum Gasteiger partial charge on any atom is -0.318 e. The van der Waals surface area contributed by atoms with Gasteiger partial charge in [-0.25, -0.2) is 19.3 Å². The van der Waals surface area contributed by atoms with Gasteiger partial charge >= 0.3 is 6.03 Å². The van der Waals surface area contributed by atoms with Gasteiger partial charge in [0.2, 0.25) is 0 Å². The minimum atomic E-state index is -0.0489. The minimum absolute atomic E-state index is 0.0489. The Morgan fingerprint density at radius 3 is 2.81 bits per heavy atom. The van der Waals surface area contributed by atoms with Crippen LogP contribution < -0.4 is 5.32 Å². The third kappa shape index (κ3) is 2.74. The number of nitrogens with zero attached hydrogens (tertiary/aromatic N) is 5. The molecule has 2 aliphatic heterocycles. The number of nitrogens with one attached hydrogen (secondary N) is 1. The maximum atomic E-state index is 12.7. The Bertz CT molecular complexity index is 1020. The van der Waals surface area contributed by atoms with Gasteiger partial charge in [0.1, 0.15) is 5.82 Å². The standard InChI is InChI=1S/C20H22N6O/c1-12-6-15-8-16(7-12)26(15)20(27)23-18-9-17(13(2)10-21-18)19-22-11-14-4-3-5-25(14)24-19/h3-5,9-12,15-16H,6-8H2,1-2H3,(H,21,23,27). The lowest BCUT2D eigenvalue weighted by Gasteiger charge is -2.54. The number of aromatic nitrogens is 4. The Morgan fingerprint density at radius 2 is 2.00 bits per heavy atom. The van der Waals surface area contributed by atoms with Crippen LogP contribution in [0.5, 0.6) is 0 Å². The van der Waals surface area contributed by atoms with Crippen molar-refractivity contribution >= 4 is 17.4 Å². The molecule has 0 aliphatic carbocycles. The number of urea groups is 1. The van der Waals surface area contributed by atoms with Crippen molar-refractivity contribution < 1.29 is 4.79 Å². The summed E-state index contributed by atoms with van der Waals surface area (Å²) in [7, 11) is 0. The molecular weight excluding hydrogens is 340 g/mol. The lowest BCUT2D eigenvalue weighted by molar-refractivity contribution is -0.00603. The summed E-state index contributed by atoms with van der Waals surface area (Å²) in [5.41, 5.74) is 2.78. The van der Waals surface area contributed by atoms with Crippen molar-refractivity contribution in [1.29, 1.82) is 0 Å². The fraction of sp³-hybridized carbons (Fsp3) is 0.400. The van der Waals surface area contributed by atoms with Crippen LogP contribution >= 0.6 is 0 Å². The molecule has 138 valence electrons. The number of rotatable bonds is 2. The lowest BCUT2D eigenvalue weighted by Crippen LogP contribution is -2.63. The second-order valence-corrected chi connectivity index (χ2v) is 7.80. The number of carbonyl (C=O) groups excluding carboxylic acids is 1. The number of carbonyl (C=O) groups is 1. The Kier molecular flexibility index (Phi) is 3.63. The molecule has 2 amide bonds.